The van der Waals surface area contributed by atoms with Crippen LogP contribution in [0.3, 0.4) is 0 Å². The van der Waals surface area contributed by atoms with Gasteiger partial charge in [-0.25, -0.2) is 13.8 Å². The van der Waals surface area contributed by atoms with Crippen LogP contribution in [0.1, 0.15) is 18.1 Å². The summed E-state index contributed by atoms with van der Waals surface area (Å²) in [5.74, 6) is 0.602. The summed E-state index contributed by atoms with van der Waals surface area (Å²) < 4.78 is 31.9. The van der Waals surface area contributed by atoms with E-state index in [4.69, 9.17) is 4.74 Å². The lowest BCUT2D eigenvalue weighted by molar-refractivity contribution is 0.414. The number of hydrogen-bond acceptors (Lipinski definition) is 2. The molecule has 0 aliphatic rings. The molecule has 0 aromatic heterocycles. The third-order valence-electron chi connectivity index (χ3n) is 3.62. The van der Waals surface area contributed by atoms with Gasteiger partial charge in [0, 0.05) is 13.1 Å². The second-order valence-corrected chi connectivity index (χ2v) is 5.46. The number of ether oxygens (including phenoxy) is 1. The molecule has 0 saturated heterocycles. The highest BCUT2D eigenvalue weighted by atomic mass is 19.1. The SMILES string of the molecule is CCNC(=NCc1ccc(OC)cc1)NCCc1cc(F)ccc1F. The van der Waals surface area contributed by atoms with Crippen LogP contribution in [0.5, 0.6) is 5.75 Å². The molecule has 0 aliphatic carbocycles. The van der Waals surface area contributed by atoms with E-state index in [-0.39, 0.29) is 0 Å². The first kappa shape index (κ1) is 18.7. The first-order valence-corrected chi connectivity index (χ1v) is 8.21. The Morgan fingerprint density at radius 1 is 1.08 bits per heavy atom. The highest BCUT2D eigenvalue weighted by Crippen LogP contribution is 2.12. The molecule has 2 aromatic carbocycles. The zero-order chi connectivity index (χ0) is 18.1. The minimum Gasteiger partial charge on any atom is -0.497 e. The molecule has 4 nitrogen and oxygen atoms in total. The molecule has 2 aromatic rings. The fraction of sp³-hybridized carbons (Fsp3) is 0.316. The second kappa shape index (κ2) is 9.61. The van der Waals surface area contributed by atoms with Crippen molar-refractivity contribution in [1.29, 1.82) is 0 Å². The van der Waals surface area contributed by atoms with Crippen LogP contribution in [0.4, 0.5) is 8.78 Å². The summed E-state index contributed by atoms with van der Waals surface area (Å²) in [6.07, 6.45) is 0.372. The van der Waals surface area contributed by atoms with E-state index >= 15 is 0 Å². The van der Waals surface area contributed by atoms with E-state index in [1.807, 2.05) is 31.2 Å². The van der Waals surface area contributed by atoms with Crippen molar-refractivity contribution in [2.45, 2.75) is 19.9 Å². The molecule has 2 rings (SSSR count). The van der Waals surface area contributed by atoms with E-state index in [1.54, 1.807) is 7.11 Å². The van der Waals surface area contributed by atoms with Gasteiger partial charge >= 0.3 is 0 Å². The topological polar surface area (TPSA) is 45.7 Å². The quantitative estimate of drug-likeness (QED) is 0.597. The van der Waals surface area contributed by atoms with Gasteiger partial charge in [0.05, 0.1) is 13.7 Å². The maximum atomic E-state index is 13.6. The van der Waals surface area contributed by atoms with Crippen LogP contribution in [-0.2, 0) is 13.0 Å². The van der Waals surface area contributed by atoms with Gasteiger partial charge in [0.15, 0.2) is 5.96 Å². The summed E-state index contributed by atoms with van der Waals surface area (Å²) in [5, 5.41) is 6.27. The van der Waals surface area contributed by atoms with Crippen molar-refractivity contribution in [3.63, 3.8) is 0 Å². The number of rotatable bonds is 7. The molecule has 134 valence electrons. The number of guanidine groups is 1. The van der Waals surface area contributed by atoms with Crippen LogP contribution in [0.15, 0.2) is 47.5 Å². The smallest absolute Gasteiger partial charge is 0.191 e. The van der Waals surface area contributed by atoms with Crippen molar-refractivity contribution in [2.75, 3.05) is 20.2 Å². The van der Waals surface area contributed by atoms with Crippen LogP contribution >= 0.6 is 0 Å². The van der Waals surface area contributed by atoms with Crippen molar-refractivity contribution in [2.24, 2.45) is 4.99 Å². The van der Waals surface area contributed by atoms with E-state index in [9.17, 15) is 8.78 Å². The number of nitrogens with one attached hydrogen (secondary N) is 2. The van der Waals surface area contributed by atoms with Crippen molar-refractivity contribution < 1.29 is 13.5 Å². The normalized spacial score (nSPS) is 11.3. The predicted octanol–water partition coefficient (Wildman–Crippen LogP) is 3.27. The van der Waals surface area contributed by atoms with Crippen LogP contribution in [0.2, 0.25) is 0 Å². The Bertz CT molecular complexity index is 702. The fourth-order valence-electron chi connectivity index (χ4n) is 2.29. The lowest BCUT2D eigenvalue weighted by atomic mass is 10.1. The van der Waals surface area contributed by atoms with Crippen LogP contribution in [0, 0.1) is 11.6 Å². The molecule has 0 radical (unpaired) electrons. The molecule has 0 fully saturated rings. The predicted molar refractivity (Wildman–Crippen MR) is 95.9 cm³/mol. The lowest BCUT2D eigenvalue weighted by Gasteiger charge is -2.12. The number of benzene rings is 2. The highest BCUT2D eigenvalue weighted by molar-refractivity contribution is 5.79. The molecule has 0 bridgehead atoms. The third kappa shape index (κ3) is 6.06. The summed E-state index contributed by atoms with van der Waals surface area (Å²) in [7, 11) is 1.63. The van der Waals surface area contributed by atoms with Gasteiger partial charge in [0.1, 0.15) is 17.4 Å². The van der Waals surface area contributed by atoms with Gasteiger partial charge in [0.25, 0.3) is 0 Å². The summed E-state index contributed by atoms with van der Waals surface area (Å²) in [4.78, 5) is 4.50. The Morgan fingerprint density at radius 3 is 2.52 bits per heavy atom. The van der Waals surface area contributed by atoms with Crippen molar-refractivity contribution >= 4 is 5.96 Å². The van der Waals surface area contributed by atoms with E-state index < -0.39 is 11.6 Å². The summed E-state index contributed by atoms with van der Waals surface area (Å²) in [5.41, 5.74) is 1.40. The minimum atomic E-state index is -0.434. The number of nitrogens with zero attached hydrogens (tertiary/aromatic N) is 1. The summed E-state index contributed by atoms with van der Waals surface area (Å²) in [6, 6.07) is 11.2. The molecule has 2 N–H and O–H groups in total. The van der Waals surface area contributed by atoms with Gasteiger partial charge in [-0.2, -0.15) is 0 Å². The Hall–Kier alpha value is -2.63. The molecule has 0 saturated carbocycles. The van der Waals surface area contributed by atoms with Gasteiger partial charge < -0.3 is 15.4 Å². The molecule has 0 spiro atoms. The van der Waals surface area contributed by atoms with Crippen LogP contribution in [-0.4, -0.2) is 26.2 Å². The first-order valence-electron chi connectivity index (χ1n) is 8.21. The van der Waals surface area contributed by atoms with Crippen LogP contribution < -0.4 is 15.4 Å². The minimum absolute atomic E-state index is 0.346. The van der Waals surface area contributed by atoms with Gasteiger partial charge in [-0.3, -0.25) is 0 Å². The Labute approximate surface area is 146 Å². The Balaban J connectivity index is 1.91. The molecular formula is C19H23F2N3O. The van der Waals surface area contributed by atoms with Crippen molar-refractivity contribution in [3.05, 3.63) is 65.2 Å². The molecule has 6 heteroatoms. The largest absolute Gasteiger partial charge is 0.497 e. The van der Waals surface area contributed by atoms with Gasteiger partial charge in [0.2, 0.25) is 0 Å². The van der Waals surface area contributed by atoms with E-state index in [0.29, 0.717) is 37.6 Å². The number of hydrogen-bond donors (Lipinski definition) is 2. The van der Waals surface area contributed by atoms with E-state index in [0.717, 1.165) is 23.4 Å². The van der Waals surface area contributed by atoms with Crippen LogP contribution in [0.25, 0.3) is 0 Å². The summed E-state index contributed by atoms with van der Waals surface area (Å²) >= 11 is 0. The molecule has 25 heavy (non-hydrogen) atoms. The molecule has 0 aliphatic heterocycles. The number of halogens is 2. The standard InChI is InChI=1S/C19H23F2N3O/c1-3-22-19(24-13-14-4-7-17(25-2)8-5-14)23-11-10-15-12-16(20)6-9-18(15)21/h4-9,12H,3,10-11,13H2,1-2H3,(H2,22,23,24). The monoisotopic (exact) mass is 347 g/mol. The Kier molecular flexibility index (Phi) is 7.19. The lowest BCUT2D eigenvalue weighted by Crippen LogP contribution is -2.38. The second-order valence-electron chi connectivity index (χ2n) is 5.46. The summed E-state index contributed by atoms with van der Waals surface area (Å²) in [6.45, 7) is 3.64. The molecule has 0 heterocycles. The zero-order valence-electron chi connectivity index (χ0n) is 14.5. The number of methoxy groups -OCH3 is 1. The highest BCUT2D eigenvalue weighted by Gasteiger charge is 2.04. The molecule has 0 unspecified atom stereocenters. The molecule has 0 atom stereocenters. The third-order valence-corrected chi connectivity index (χ3v) is 3.62. The first-order chi connectivity index (χ1) is 12.1. The molecule has 0 amide bonds. The van der Waals surface area contributed by atoms with E-state index in [1.165, 1.54) is 6.07 Å². The average molecular weight is 347 g/mol. The average Bonchev–Trinajstić information content (AvgIpc) is 2.63. The number of aliphatic imine (C=N–C) groups is 1. The zero-order valence-corrected chi connectivity index (χ0v) is 14.5. The van der Waals surface area contributed by atoms with Gasteiger partial charge in [-0.05, 0) is 54.8 Å². The maximum Gasteiger partial charge on any atom is 0.191 e. The fourth-order valence-corrected chi connectivity index (χ4v) is 2.29. The Morgan fingerprint density at radius 2 is 1.84 bits per heavy atom. The van der Waals surface area contributed by atoms with Crippen molar-refractivity contribution in [3.8, 4) is 5.75 Å². The van der Waals surface area contributed by atoms with Gasteiger partial charge in [-0.15, -0.1) is 0 Å². The molecular weight excluding hydrogens is 324 g/mol. The van der Waals surface area contributed by atoms with Gasteiger partial charge in [-0.1, -0.05) is 12.1 Å². The van der Waals surface area contributed by atoms with E-state index in [2.05, 4.69) is 15.6 Å². The van der Waals surface area contributed by atoms with Crippen molar-refractivity contribution in [1.82, 2.24) is 10.6 Å². The maximum absolute atomic E-state index is 13.6.